The monoisotopic (exact) mass is 335 g/mol. The van der Waals surface area contributed by atoms with Gasteiger partial charge in [0.25, 0.3) is 5.91 Å². The van der Waals surface area contributed by atoms with Crippen LogP contribution in [0.5, 0.6) is 0 Å². The molecule has 3 amide bonds. The number of amides is 3. The summed E-state index contributed by atoms with van der Waals surface area (Å²) < 4.78 is 0. The van der Waals surface area contributed by atoms with Gasteiger partial charge in [0, 0.05) is 6.42 Å². The zero-order valence-electron chi connectivity index (χ0n) is 14.1. The lowest BCUT2D eigenvalue weighted by Crippen LogP contribution is -2.42. The number of primary amides is 1. The van der Waals surface area contributed by atoms with E-state index in [0.29, 0.717) is 18.0 Å². The molecule has 5 N–H and O–H groups in total. The SMILES string of the molecule is Cc1[nH]nc(C(N)=O)c1NC(=O)C(C)NC(=O)CC1CCCCC1. The van der Waals surface area contributed by atoms with Crippen LogP contribution in [-0.4, -0.2) is 34.0 Å². The number of anilines is 1. The Hall–Kier alpha value is -2.38. The number of carbonyl (C=O) groups is 3. The zero-order valence-corrected chi connectivity index (χ0v) is 14.1. The maximum Gasteiger partial charge on any atom is 0.271 e. The predicted octanol–water partition coefficient (Wildman–Crippen LogP) is 1.23. The van der Waals surface area contributed by atoms with Crippen molar-refractivity contribution in [3.8, 4) is 0 Å². The fraction of sp³-hybridized carbons (Fsp3) is 0.625. The van der Waals surface area contributed by atoms with Crippen LogP contribution in [0.2, 0.25) is 0 Å². The summed E-state index contributed by atoms with van der Waals surface area (Å²) in [6.07, 6.45) is 6.18. The first kappa shape index (κ1) is 18.0. The van der Waals surface area contributed by atoms with Crippen molar-refractivity contribution in [2.75, 3.05) is 5.32 Å². The van der Waals surface area contributed by atoms with Crippen LogP contribution < -0.4 is 16.4 Å². The molecule has 1 aliphatic rings. The molecule has 1 saturated carbocycles. The first-order chi connectivity index (χ1) is 11.4. The van der Waals surface area contributed by atoms with Gasteiger partial charge in [-0.1, -0.05) is 19.3 Å². The Morgan fingerprint density at radius 2 is 1.96 bits per heavy atom. The molecule has 0 aromatic carbocycles. The van der Waals surface area contributed by atoms with Crippen molar-refractivity contribution in [3.63, 3.8) is 0 Å². The molecule has 132 valence electrons. The van der Waals surface area contributed by atoms with E-state index in [1.54, 1.807) is 13.8 Å². The molecule has 24 heavy (non-hydrogen) atoms. The van der Waals surface area contributed by atoms with Crippen molar-refractivity contribution in [1.82, 2.24) is 15.5 Å². The molecule has 8 heteroatoms. The zero-order chi connectivity index (χ0) is 17.7. The van der Waals surface area contributed by atoms with Crippen LogP contribution in [0.25, 0.3) is 0 Å². The van der Waals surface area contributed by atoms with E-state index in [9.17, 15) is 14.4 Å². The molecule has 0 radical (unpaired) electrons. The average molecular weight is 335 g/mol. The summed E-state index contributed by atoms with van der Waals surface area (Å²) in [6.45, 7) is 3.27. The van der Waals surface area contributed by atoms with Gasteiger partial charge in [-0.3, -0.25) is 19.5 Å². The second-order valence-electron chi connectivity index (χ2n) is 6.42. The van der Waals surface area contributed by atoms with E-state index >= 15 is 0 Å². The highest BCUT2D eigenvalue weighted by atomic mass is 16.2. The molecule has 1 atom stereocenters. The molecule has 0 aliphatic heterocycles. The van der Waals surface area contributed by atoms with Crippen LogP contribution in [0.15, 0.2) is 0 Å². The molecule has 1 aliphatic carbocycles. The molecule has 0 saturated heterocycles. The fourth-order valence-corrected chi connectivity index (χ4v) is 3.01. The maximum absolute atomic E-state index is 12.2. The summed E-state index contributed by atoms with van der Waals surface area (Å²) in [5.74, 6) is -0.863. The molecular formula is C16H25N5O3. The van der Waals surface area contributed by atoms with Gasteiger partial charge in [0.1, 0.15) is 6.04 Å². The Kier molecular flexibility index (Phi) is 5.94. The Labute approximate surface area is 140 Å². The summed E-state index contributed by atoms with van der Waals surface area (Å²) in [4.78, 5) is 35.6. The lowest BCUT2D eigenvalue weighted by atomic mass is 9.87. The highest BCUT2D eigenvalue weighted by molar-refractivity contribution is 6.04. The van der Waals surface area contributed by atoms with E-state index < -0.39 is 17.9 Å². The second kappa shape index (κ2) is 7.94. The summed E-state index contributed by atoms with van der Waals surface area (Å²) in [5.41, 5.74) is 5.97. The molecule has 2 rings (SSSR count). The molecule has 1 heterocycles. The minimum Gasteiger partial charge on any atom is -0.364 e. The highest BCUT2D eigenvalue weighted by Gasteiger charge is 2.23. The number of carbonyl (C=O) groups excluding carboxylic acids is 3. The summed E-state index contributed by atoms with van der Waals surface area (Å²) >= 11 is 0. The normalized spacial score (nSPS) is 16.4. The van der Waals surface area contributed by atoms with Crippen molar-refractivity contribution < 1.29 is 14.4 Å². The van der Waals surface area contributed by atoms with Gasteiger partial charge < -0.3 is 16.4 Å². The minimum atomic E-state index is -0.733. The Morgan fingerprint density at radius 1 is 1.29 bits per heavy atom. The number of nitrogens with two attached hydrogens (primary N) is 1. The Balaban J connectivity index is 1.89. The Morgan fingerprint density at radius 3 is 2.58 bits per heavy atom. The van der Waals surface area contributed by atoms with Gasteiger partial charge in [-0.05, 0) is 32.6 Å². The third-order valence-corrected chi connectivity index (χ3v) is 4.40. The number of aryl methyl sites for hydroxylation is 1. The van der Waals surface area contributed by atoms with Crippen molar-refractivity contribution >= 4 is 23.4 Å². The summed E-state index contributed by atoms with van der Waals surface area (Å²) in [6, 6.07) is -0.712. The largest absolute Gasteiger partial charge is 0.364 e. The van der Waals surface area contributed by atoms with E-state index in [1.165, 1.54) is 19.3 Å². The van der Waals surface area contributed by atoms with E-state index in [4.69, 9.17) is 5.73 Å². The van der Waals surface area contributed by atoms with Gasteiger partial charge in [0.2, 0.25) is 11.8 Å². The molecule has 1 fully saturated rings. The summed E-state index contributed by atoms with van der Waals surface area (Å²) in [7, 11) is 0. The van der Waals surface area contributed by atoms with Crippen LogP contribution in [0.4, 0.5) is 5.69 Å². The van der Waals surface area contributed by atoms with Crippen LogP contribution >= 0.6 is 0 Å². The van der Waals surface area contributed by atoms with Crippen molar-refractivity contribution in [1.29, 1.82) is 0 Å². The number of H-pyrrole nitrogens is 1. The molecule has 1 unspecified atom stereocenters. The third kappa shape index (κ3) is 4.56. The number of hydrogen-bond acceptors (Lipinski definition) is 4. The number of nitrogens with one attached hydrogen (secondary N) is 3. The standard InChI is InChI=1S/C16H25N5O3/c1-9-13(14(15(17)23)21-20-9)19-16(24)10(2)18-12(22)8-11-6-4-3-5-7-11/h10-11H,3-8H2,1-2H3,(H2,17,23)(H,18,22)(H,19,24)(H,20,21). The van der Waals surface area contributed by atoms with Gasteiger partial charge in [0.05, 0.1) is 11.4 Å². The van der Waals surface area contributed by atoms with Crippen LogP contribution in [0.3, 0.4) is 0 Å². The van der Waals surface area contributed by atoms with Gasteiger partial charge in [0.15, 0.2) is 5.69 Å². The number of hydrogen-bond donors (Lipinski definition) is 4. The van der Waals surface area contributed by atoms with E-state index in [-0.39, 0.29) is 17.3 Å². The molecule has 1 aromatic rings. The molecular weight excluding hydrogens is 310 g/mol. The molecule has 0 spiro atoms. The number of rotatable bonds is 6. The van der Waals surface area contributed by atoms with Crippen LogP contribution in [-0.2, 0) is 9.59 Å². The first-order valence-electron chi connectivity index (χ1n) is 8.33. The van der Waals surface area contributed by atoms with E-state index in [1.807, 2.05) is 0 Å². The predicted molar refractivity (Wildman–Crippen MR) is 89.3 cm³/mol. The van der Waals surface area contributed by atoms with Crippen molar-refractivity contribution in [2.45, 2.75) is 58.4 Å². The smallest absolute Gasteiger partial charge is 0.271 e. The molecule has 0 bridgehead atoms. The number of aromatic amines is 1. The van der Waals surface area contributed by atoms with Gasteiger partial charge in [-0.2, -0.15) is 5.10 Å². The second-order valence-corrected chi connectivity index (χ2v) is 6.42. The van der Waals surface area contributed by atoms with Crippen LogP contribution in [0.1, 0.15) is 61.6 Å². The van der Waals surface area contributed by atoms with Crippen molar-refractivity contribution in [3.05, 3.63) is 11.4 Å². The van der Waals surface area contributed by atoms with Gasteiger partial charge in [-0.15, -0.1) is 0 Å². The third-order valence-electron chi connectivity index (χ3n) is 4.40. The lowest BCUT2D eigenvalue weighted by Gasteiger charge is -2.22. The molecule has 1 aromatic heterocycles. The van der Waals surface area contributed by atoms with Gasteiger partial charge in [-0.25, -0.2) is 0 Å². The average Bonchev–Trinajstić information content (AvgIpc) is 2.89. The van der Waals surface area contributed by atoms with E-state index in [0.717, 1.165) is 12.8 Å². The first-order valence-corrected chi connectivity index (χ1v) is 8.33. The fourth-order valence-electron chi connectivity index (χ4n) is 3.01. The summed E-state index contributed by atoms with van der Waals surface area (Å²) in [5, 5.41) is 11.7. The maximum atomic E-state index is 12.2. The number of aromatic nitrogens is 2. The quantitative estimate of drug-likeness (QED) is 0.623. The molecule has 8 nitrogen and oxygen atoms in total. The van der Waals surface area contributed by atoms with Crippen LogP contribution in [0, 0.1) is 12.8 Å². The van der Waals surface area contributed by atoms with Crippen molar-refractivity contribution in [2.24, 2.45) is 11.7 Å². The van der Waals surface area contributed by atoms with Gasteiger partial charge >= 0.3 is 0 Å². The lowest BCUT2D eigenvalue weighted by molar-refractivity contribution is -0.127. The Bertz CT molecular complexity index is 619. The highest BCUT2D eigenvalue weighted by Crippen LogP contribution is 2.26. The minimum absolute atomic E-state index is 0.0263. The van der Waals surface area contributed by atoms with E-state index in [2.05, 4.69) is 20.8 Å². The topological polar surface area (TPSA) is 130 Å². The number of nitrogens with zero attached hydrogens (tertiary/aromatic N) is 1.